The monoisotopic (exact) mass is 276 g/mol. The van der Waals surface area contributed by atoms with E-state index in [2.05, 4.69) is 5.32 Å². The standard InChI is InChI=1S/C9H16N4O6/c10-6(8(18)12-2-1-4(14)15)7(11)9(19)13-3-5(16)17/h6-7H,1-3,10-11H2,(H,12,18)(H,13,19)(H,14,15)(H,16,17)/t6-,7+/m1/s1. The number of nitrogens with one attached hydrogen (secondary N) is 2. The van der Waals surface area contributed by atoms with E-state index in [1.54, 1.807) is 0 Å². The average Bonchev–Trinajstić information content (AvgIpc) is 2.33. The van der Waals surface area contributed by atoms with Gasteiger partial charge in [-0.25, -0.2) is 0 Å². The predicted octanol–water partition coefficient (Wildman–Crippen LogP) is -3.57. The lowest BCUT2D eigenvalue weighted by Crippen LogP contribution is -2.58. The smallest absolute Gasteiger partial charge is 0.322 e. The maximum atomic E-state index is 11.4. The fourth-order valence-corrected chi connectivity index (χ4v) is 1.02. The van der Waals surface area contributed by atoms with Gasteiger partial charge in [0.2, 0.25) is 11.8 Å². The Morgan fingerprint density at radius 1 is 0.895 bits per heavy atom. The second-order valence-corrected chi connectivity index (χ2v) is 3.60. The molecular formula is C9H16N4O6. The summed E-state index contributed by atoms with van der Waals surface area (Å²) in [6.07, 6.45) is -0.293. The normalized spacial score (nSPS) is 13.2. The van der Waals surface area contributed by atoms with Crippen LogP contribution in [0.25, 0.3) is 0 Å². The summed E-state index contributed by atoms with van der Waals surface area (Å²) in [6, 6.07) is -2.83. The number of carboxylic acids is 2. The number of carbonyl (C=O) groups excluding carboxylic acids is 2. The first-order chi connectivity index (χ1) is 8.75. The van der Waals surface area contributed by atoms with Crippen LogP contribution >= 0.6 is 0 Å². The summed E-state index contributed by atoms with van der Waals surface area (Å²) >= 11 is 0. The van der Waals surface area contributed by atoms with Gasteiger partial charge in [-0.05, 0) is 0 Å². The molecular weight excluding hydrogens is 260 g/mol. The molecule has 0 saturated heterocycles. The molecule has 0 aliphatic rings. The molecule has 0 aliphatic heterocycles. The number of rotatable bonds is 8. The zero-order valence-electron chi connectivity index (χ0n) is 9.96. The van der Waals surface area contributed by atoms with E-state index in [-0.39, 0.29) is 13.0 Å². The van der Waals surface area contributed by atoms with Gasteiger partial charge in [-0.3, -0.25) is 19.2 Å². The molecule has 0 aromatic rings. The summed E-state index contributed by atoms with van der Waals surface area (Å²) in [5.41, 5.74) is 10.8. The van der Waals surface area contributed by atoms with Gasteiger partial charge in [0.15, 0.2) is 0 Å². The fraction of sp³-hybridized carbons (Fsp3) is 0.556. The zero-order valence-corrected chi connectivity index (χ0v) is 9.96. The molecule has 108 valence electrons. The molecule has 10 heteroatoms. The molecule has 0 heterocycles. The van der Waals surface area contributed by atoms with Gasteiger partial charge in [0.1, 0.15) is 18.6 Å². The van der Waals surface area contributed by atoms with Crippen molar-refractivity contribution in [2.24, 2.45) is 11.5 Å². The Morgan fingerprint density at radius 3 is 1.79 bits per heavy atom. The molecule has 0 fully saturated rings. The van der Waals surface area contributed by atoms with Gasteiger partial charge in [0, 0.05) is 6.54 Å². The van der Waals surface area contributed by atoms with E-state index in [1.165, 1.54) is 0 Å². The first-order valence-corrected chi connectivity index (χ1v) is 5.26. The number of carbonyl (C=O) groups is 4. The topological polar surface area (TPSA) is 185 Å². The van der Waals surface area contributed by atoms with Crippen molar-refractivity contribution in [3.8, 4) is 0 Å². The van der Waals surface area contributed by atoms with Crippen LogP contribution in [-0.2, 0) is 19.2 Å². The fourth-order valence-electron chi connectivity index (χ4n) is 1.02. The SMILES string of the molecule is N[C@H](C(=O)NCC(=O)O)[C@@H](N)C(=O)NCCC(=O)O. The van der Waals surface area contributed by atoms with Crippen LogP contribution in [0, 0.1) is 0 Å². The van der Waals surface area contributed by atoms with Crippen molar-refractivity contribution >= 4 is 23.8 Å². The molecule has 0 bridgehead atoms. The van der Waals surface area contributed by atoms with Crippen LogP contribution in [0.5, 0.6) is 0 Å². The third-order valence-corrected chi connectivity index (χ3v) is 2.04. The van der Waals surface area contributed by atoms with E-state index in [0.717, 1.165) is 0 Å². The Morgan fingerprint density at radius 2 is 1.37 bits per heavy atom. The Hall–Kier alpha value is -2.20. The highest BCUT2D eigenvalue weighted by molar-refractivity contribution is 5.93. The summed E-state index contributed by atoms with van der Waals surface area (Å²) in [7, 11) is 0. The first kappa shape index (κ1) is 16.8. The summed E-state index contributed by atoms with van der Waals surface area (Å²) in [4.78, 5) is 43.2. The van der Waals surface area contributed by atoms with Crippen molar-refractivity contribution in [2.75, 3.05) is 13.1 Å². The quantitative estimate of drug-likeness (QED) is 0.263. The van der Waals surface area contributed by atoms with Crippen molar-refractivity contribution in [1.29, 1.82) is 0 Å². The lowest BCUT2D eigenvalue weighted by molar-refractivity contribution is -0.138. The molecule has 2 atom stereocenters. The second kappa shape index (κ2) is 8.00. The highest BCUT2D eigenvalue weighted by Gasteiger charge is 2.27. The Bertz CT molecular complexity index is 372. The zero-order chi connectivity index (χ0) is 15.0. The van der Waals surface area contributed by atoms with Gasteiger partial charge >= 0.3 is 11.9 Å². The molecule has 8 N–H and O–H groups in total. The van der Waals surface area contributed by atoms with Crippen LogP contribution < -0.4 is 22.1 Å². The number of carboxylic acid groups (broad SMARTS) is 2. The number of aliphatic carboxylic acids is 2. The summed E-state index contributed by atoms with van der Waals surface area (Å²) in [5.74, 6) is -4.04. The van der Waals surface area contributed by atoms with Crippen molar-refractivity contribution in [3.05, 3.63) is 0 Å². The third-order valence-electron chi connectivity index (χ3n) is 2.04. The second-order valence-electron chi connectivity index (χ2n) is 3.60. The molecule has 0 radical (unpaired) electrons. The van der Waals surface area contributed by atoms with Gasteiger partial charge < -0.3 is 32.3 Å². The lowest BCUT2D eigenvalue weighted by Gasteiger charge is -2.18. The number of hydrogen-bond donors (Lipinski definition) is 6. The summed E-state index contributed by atoms with van der Waals surface area (Å²) in [6.45, 7) is -0.786. The van der Waals surface area contributed by atoms with Crippen LogP contribution in [0.4, 0.5) is 0 Å². The van der Waals surface area contributed by atoms with E-state index in [9.17, 15) is 19.2 Å². The minimum absolute atomic E-state index is 0.147. The minimum Gasteiger partial charge on any atom is -0.481 e. The van der Waals surface area contributed by atoms with E-state index in [0.29, 0.717) is 0 Å². The molecule has 0 aromatic heterocycles. The molecule has 0 aromatic carbocycles. The van der Waals surface area contributed by atoms with E-state index < -0.39 is 42.4 Å². The van der Waals surface area contributed by atoms with E-state index >= 15 is 0 Å². The minimum atomic E-state index is -1.43. The highest BCUT2D eigenvalue weighted by atomic mass is 16.4. The summed E-state index contributed by atoms with van der Waals surface area (Å²) in [5, 5.41) is 20.9. The van der Waals surface area contributed by atoms with Gasteiger partial charge in [-0.1, -0.05) is 0 Å². The molecule has 19 heavy (non-hydrogen) atoms. The van der Waals surface area contributed by atoms with Gasteiger partial charge in [0.05, 0.1) is 6.42 Å². The Kier molecular flexibility index (Phi) is 7.07. The number of hydrogen-bond acceptors (Lipinski definition) is 6. The maximum absolute atomic E-state index is 11.4. The van der Waals surface area contributed by atoms with Gasteiger partial charge in [-0.2, -0.15) is 0 Å². The number of nitrogens with two attached hydrogens (primary N) is 2. The summed E-state index contributed by atoms with van der Waals surface area (Å²) < 4.78 is 0. The van der Waals surface area contributed by atoms with Crippen LogP contribution in [0.2, 0.25) is 0 Å². The number of amides is 2. The van der Waals surface area contributed by atoms with Crippen molar-refractivity contribution in [3.63, 3.8) is 0 Å². The average molecular weight is 276 g/mol. The van der Waals surface area contributed by atoms with E-state index in [4.69, 9.17) is 21.7 Å². The lowest BCUT2D eigenvalue weighted by atomic mass is 10.1. The third kappa shape index (κ3) is 6.95. The maximum Gasteiger partial charge on any atom is 0.322 e. The van der Waals surface area contributed by atoms with Crippen LogP contribution in [0.3, 0.4) is 0 Å². The van der Waals surface area contributed by atoms with Crippen molar-refractivity contribution in [1.82, 2.24) is 10.6 Å². The molecule has 0 spiro atoms. The van der Waals surface area contributed by atoms with Crippen molar-refractivity contribution < 1.29 is 29.4 Å². The molecule has 0 unspecified atom stereocenters. The Balaban J connectivity index is 4.19. The first-order valence-electron chi connectivity index (χ1n) is 5.26. The van der Waals surface area contributed by atoms with E-state index in [1.807, 2.05) is 5.32 Å². The van der Waals surface area contributed by atoms with Crippen LogP contribution in [0.15, 0.2) is 0 Å². The highest BCUT2D eigenvalue weighted by Crippen LogP contribution is 1.89. The molecule has 2 amide bonds. The largest absolute Gasteiger partial charge is 0.481 e. The van der Waals surface area contributed by atoms with Crippen LogP contribution in [0.1, 0.15) is 6.42 Å². The molecule has 10 nitrogen and oxygen atoms in total. The Labute approximate surface area is 108 Å². The molecule has 0 aliphatic carbocycles. The van der Waals surface area contributed by atoms with Crippen molar-refractivity contribution in [2.45, 2.75) is 18.5 Å². The van der Waals surface area contributed by atoms with Gasteiger partial charge in [0.25, 0.3) is 0 Å². The predicted molar refractivity (Wildman–Crippen MR) is 61.9 cm³/mol. The van der Waals surface area contributed by atoms with Crippen LogP contribution in [-0.4, -0.2) is 59.1 Å². The molecule has 0 rings (SSSR count). The van der Waals surface area contributed by atoms with Gasteiger partial charge in [-0.15, -0.1) is 0 Å². The molecule has 0 saturated carbocycles.